The third-order valence-corrected chi connectivity index (χ3v) is 3.75. The summed E-state index contributed by atoms with van der Waals surface area (Å²) in [6.07, 6.45) is 1.03. The van der Waals surface area contributed by atoms with Crippen LogP contribution in [0.4, 0.5) is 5.69 Å². The normalized spacial score (nSPS) is 16.5. The van der Waals surface area contributed by atoms with Gasteiger partial charge in [-0.05, 0) is 17.9 Å². The molecule has 1 heterocycles. The highest BCUT2D eigenvalue weighted by atomic mass is 35.5. The fourth-order valence-electron chi connectivity index (χ4n) is 2.78. The largest absolute Gasteiger partial charge is 0.314 e. The number of benzene rings is 1. The smallest absolute Gasteiger partial charge is 0.269 e. The number of non-ortho nitro benzene ring substituents is 1. The summed E-state index contributed by atoms with van der Waals surface area (Å²) in [6.45, 7) is 8.38. The van der Waals surface area contributed by atoms with Gasteiger partial charge in [-0.1, -0.05) is 26.0 Å². The molecule has 1 saturated heterocycles. The van der Waals surface area contributed by atoms with Crippen molar-refractivity contribution >= 4 is 30.5 Å². The van der Waals surface area contributed by atoms with Gasteiger partial charge >= 0.3 is 0 Å². The Morgan fingerprint density at radius 3 is 2.45 bits per heavy atom. The molecule has 5 nitrogen and oxygen atoms in total. The molecule has 1 aromatic carbocycles. The summed E-state index contributed by atoms with van der Waals surface area (Å²) in [6, 6.07) is 7.38. The number of halogens is 2. The summed E-state index contributed by atoms with van der Waals surface area (Å²) in [5.41, 5.74) is 1.25. The highest BCUT2D eigenvalue weighted by Crippen LogP contribution is 2.30. The van der Waals surface area contributed by atoms with Gasteiger partial charge in [0.15, 0.2) is 0 Å². The number of nitrogens with zero attached hydrogens (tertiary/aromatic N) is 2. The van der Waals surface area contributed by atoms with Gasteiger partial charge in [0.25, 0.3) is 5.69 Å². The van der Waals surface area contributed by atoms with Gasteiger partial charge in [-0.3, -0.25) is 15.0 Å². The van der Waals surface area contributed by atoms with Crippen LogP contribution in [0.1, 0.15) is 31.9 Å². The summed E-state index contributed by atoms with van der Waals surface area (Å²) in [7, 11) is 0. The molecular weight excluding hydrogens is 325 g/mol. The Morgan fingerprint density at radius 1 is 1.27 bits per heavy atom. The topological polar surface area (TPSA) is 58.4 Å². The van der Waals surface area contributed by atoms with Crippen molar-refractivity contribution < 1.29 is 4.92 Å². The van der Waals surface area contributed by atoms with Gasteiger partial charge in [-0.25, -0.2) is 0 Å². The third kappa shape index (κ3) is 5.72. The first-order valence-corrected chi connectivity index (χ1v) is 7.27. The number of piperazine rings is 1. The third-order valence-electron chi connectivity index (χ3n) is 3.75. The summed E-state index contributed by atoms with van der Waals surface area (Å²) < 4.78 is 0. The van der Waals surface area contributed by atoms with Gasteiger partial charge in [0, 0.05) is 44.4 Å². The van der Waals surface area contributed by atoms with Crippen molar-refractivity contribution in [3.8, 4) is 0 Å². The summed E-state index contributed by atoms with van der Waals surface area (Å²) in [5, 5.41) is 14.3. The lowest BCUT2D eigenvalue weighted by Gasteiger charge is -2.36. The molecule has 7 heteroatoms. The van der Waals surface area contributed by atoms with Crippen molar-refractivity contribution in [2.75, 3.05) is 26.2 Å². The molecule has 0 amide bonds. The fraction of sp³-hybridized carbons (Fsp3) is 0.600. The number of nitro groups is 1. The van der Waals surface area contributed by atoms with E-state index in [0.717, 1.165) is 38.2 Å². The van der Waals surface area contributed by atoms with Crippen LogP contribution in [0, 0.1) is 16.0 Å². The lowest BCUT2D eigenvalue weighted by atomic mass is 9.94. The van der Waals surface area contributed by atoms with Crippen molar-refractivity contribution in [2.24, 2.45) is 5.92 Å². The van der Waals surface area contributed by atoms with Crippen LogP contribution in [0.5, 0.6) is 0 Å². The molecule has 0 saturated carbocycles. The van der Waals surface area contributed by atoms with Gasteiger partial charge in [0.05, 0.1) is 4.92 Å². The van der Waals surface area contributed by atoms with Crippen LogP contribution in [0.3, 0.4) is 0 Å². The van der Waals surface area contributed by atoms with Crippen LogP contribution in [0.2, 0.25) is 0 Å². The van der Waals surface area contributed by atoms with E-state index in [2.05, 4.69) is 24.1 Å². The van der Waals surface area contributed by atoms with E-state index in [1.54, 1.807) is 18.2 Å². The minimum atomic E-state index is -0.312. The van der Waals surface area contributed by atoms with Crippen LogP contribution in [-0.2, 0) is 0 Å². The average Bonchev–Trinajstić information content (AvgIpc) is 2.45. The molecule has 1 fully saturated rings. The van der Waals surface area contributed by atoms with Crippen molar-refractivity contribution in [1.82, 2.24) is 10.2 Å². The first-order valence-electron chi connectivity index (χ1n) is 7.27. The number of hydrogen-bond acceptors (Lipinski definition) is 4. The first kappa shape index (κ1) is 21.1. The Labute approximate surface area is 144 Å². The SMILES string of the molecule is CC(C)C[C@H](c1cccc([N+](=O)[O-])c1)N1CCNCC1.Cl.Cl. The lowest BCUT2D eigenvalue weighted by molar-refractivity contribution is -0.385. The maximum Gasteiger partial charge on any atom is 0.269 e. The van der Waals surface area contributed by atoms with Crippen molar-refractivity contribution in [3.05, 3.63) is 39.9 Å². The lowest BCUT2D eigenvalue weighted by Crippen LogP contribution is -2.45. The second-order valence-corrected chi connectivity index (χ2v) is 5.78. The van der Waals surface area contributed by atoms with Gasteiger partial charge < -0.3 is 5.32 Å². The molecule has 1 N–H and O–H groups in total. The van der Waals surface area contributed by atoms with Gasteiger partial charge in [-0.2, -0.15) is 0 Å². The van der Waals surface area contributed by atoms with Gasteiger partial charge in [0.2, 0.25) is 0 Å². The summed E-state index contributed by atoms with van der Waals surface area (Å²) >= 11 is 0. The van der Waals surface area contributed by atoms with Crippen LogP contribution >= 0.6 is 24.8 Å². The molecule has 1 aromatic rings. The molecule has 0 spiro atoms. The standard InChI is InChI=1S/C15H23N3O2.2ClH/c1-12(2)10-15(17-8-6-16-7-9-17)13-4-3-5-14(11-13)18(19)20;;/h3-5,11-12,15-16H,6-10H2,1-2H3;2*1H/t15-;;/m1../s1. The molecule has 1 atom stereocenters. The van der Waals surface area contributed by atoms with Crippen LogP contribution in [-0.4, -0.2) is 36.0 Å². The Hall–Kier alpha value is -0.880. The molecule has 126 valence electrons. The molecule has 0 aliphatic carbocycles. The predicted molar refractivity (Wildman–Crippen MR) is 94.2 cm³/mol. The fourth-order valence-corrected chi connectivity index (χ4v) is 2.78. The number of rotatable bonds is 5. The molecule has 1 aliphatic rings. The second kappa shape index (κ2) is 10.0. The quantitative estimate of drug-likeness (QED) is 0.653. The first-order chi connectivity index (χ1) is 9.58. The molecule has 1 aliphatic heterocycles. The summed E-state index contributed by atoms with van der Waals surface area (Å²) in [5.74, 6) is 0.564. The van der Waals surface area contributed by atoms with E-state index in [1.165, 1.54) is 0 Å². The average molecular weight is 350 g/mol. The Morgan fingerprint density at radius 2 is 1.91 bits per heavy atom. The zero-order valence-corrected chi connectivity index (χ0v) is 14.7. The van der Waals surface area contributed by atoms with E-state index < -0.39 is 0 Å². The van der Waals surface area contributed by atoms with Crippen LogP contribution in [0.25, 0.3) is 0 Å². The molecule has 0 aromatic heterocycles. The van der Waals surface area contributed by atoms with Gasteiger partial charge in [0.1, 0.15) is 0 Å². The zero-order chi connectivity index (χ0) is 14.5. The van der Waals surface area contributed by atoms with E-state index >= 15 is 0 Å². The Bertz CT molecular complexity index is 466. The molecule has 2 rings (SSSR count). The molecule has 22 heavy (non-hydrogen) atoms. The van der Waals surface area contributed by atoms with Crippen molar-refractivity contribution in [2.45, 2.75) is 26.3 Å². The van der Waals surface area contributed by atoms with Gasteiger partial charge in [-0.15, -0.1) is 24.8 Å². The minimum absolute atomic E-state index is 0. The van der Waals surface area contributed by atoms with E-state index in [-0.39, 0.29) is 41.5 Å². The van der Waals surface area contributed by atoms with Crippen molar-refractivity contribution in [1.29, 1.82) is 0 Å². The van der Waals surface area contributed by atoms with E-state index in [1.807, 2.05) is 6.07 Å². The molecular formula is C15H25Cl2N3O2. The maximum absolute atomic E-state index is 11.0. The zero-order valence-electron chi connectivity index (χ0n) is 13.0. The van der Waals surface area contributed by atoms with Crippen LogP contribution in [0.15, 0.2) is 24.3 Å². The van der Waals surface area contributed by atoms with Crippen molar-refractivity contribution in [3.63, 3.8) is 0 Å². The highest BCUT2D eigenvalue weighted by molar-refractivity contribution is 5.85. The maximum atomic E-state index is 11.0. The predicted octanol–water partition coefficient (Wildman–Crippen LogP) is 3.43. The molecule has 0 radical (unpaired) electrons. The number of nitro benzene ring substituents is 1. The van der Waals surface area contributed by atoms with E-state index in [9.17, 15) is 10.1 Å². The van der Waals surface area contributed by atoms with Crippen LogP contribution < -0.4 is 5.32 Å². The Balaban J connectivity index is 0.00000220. The van der Waals surface area contributed by atoms with E-state index in [4.69, 9.17) is 0 Å². The van der Waals surface area contributed by atoms with E-state index in [0.29, 0.717) is 5.92 Å². The second-order valence-electron chi connectivity index (χ2n) is 5.78. The monoisotopic (exact) mass is 349 g/mol. The number of nitrogens with one attached hydrogen (secondary N) is 1. The summed E-state index contributed by atoms with van der Waals surface area (Å²) in [4.78, 5) is 13.1. The number of hydrogen-bond donors (Lipinski definition) is 1. The minimum Gasteiger partial charge on any atom is -0.314 e. The molecule has 0 unspecified atom stereocenters. The highest BCUT2D eigenvalue weighted by Gasteiger charge is 2.24. The molecule has 0 bridgehead atoms. The Kier molecular flexibility index (Phi) is 9.60.